The minimum Gasteiger partial charge on any atom is -0.325 e. The van der Waals surface area contributed by atoms with Crippen molar-refractivity contribution in [1.82, 2.24) is 0 Å². The molecule has 2 aliphatic rings. The summed E-state index contributed by atoms with van der Waals surface area (Å²) in [5.41, 5.74) is 1.20. The summed E-state index contributed by atoms with van der Waals surface area (Å²) in [6.45, 7) is 0.483. The van der Waals surface area contributed by atoms with Crippen LogP contribution in [0.4, 0.5) is 15.8 Å². The first kappa shape index (κ1) is 18.9. The highest BCUT2D eigenvalue weighted by Crippen LogP contribution is 2.42. The van der Waals surface area contributed by atoms with Gasteiger partial charge >= 0.3 is 0 Å². The Morgan fingerprint density at radius 2 is 1.75 bits per heavy atom. The van der Waals surface area contributed by atoms with Crippen LogP contribution in [0.5, 0.6) is 0 Å². The number of carbonyl (C=O) groups is 1. The summed E-state index contributed by atoms with van der Waals surface area (Å²) in [6.07, 6.45) is 3.85. The highest BCUT2D eigenvalue weighted by atomic mass is 32.2. The van der Waals surface area contributed by atoms with E-state index < -0.39 is 15.4 Å². The molecular formula is C21H23FN2O3S. The van der Waals surface area contributed by atoms with Crippen LogP contribution in [0.15, 0.2) is 48.5 Å². The zero-order valence-electron chi connectivity index (χ0n) is 15.5. The van der Waals surface area contributed by atoms with Gasteiger partial charge in [-0.25, -0.2) is 12.8 Å². The average Bonchev–Trinajstić information content (AvgIpc) is 3.30. The number of hydrogen-bond donors (Lipinski definition) is 1. The van der Waals surface area contributed by atoms with Crippen LogP contribution in [0.3, 0.4) is 0 Å². The Labute approximate surface area is 164 Å². The lowest BCUT2D eigenvalue weighted by Crippen LogP contribution is -2.38. The van der Waals surface area contributed by atoms with Gasteiger partial charge in [-0.1, -0.05) is 25.0 Å². The maximum Gasteiger partial charge on any atom is 0.235 e. The zero-order valence-corrected chi connectivity index (χ0v) is 16.3. The van der Waals surface area contributed by atoms with Crippen LogP contribution >= 0.6 is 0 Å². The Balaban J connectivity index is 1.55. The van der Waals surface area contributed by atoms with Crippen LogP contribution in [-0.4, -0.2) is 26.6 Å². The minimum atomic E-state index is -3.23. The largest absolute Gasteiger partial charge is 0.325 e. The molecule has 0 spiro atoms. The Hall–Kier alpha value is -2.41. The van der Waals surface area contributed by atoms with Gasteiger partial charge in [-0.2, -0.15) is 0 Å². The Morgan fingerprint density at radius 3 is 2.36 bits per heavy atom. The van der Waals surface area contributed by atoms with Crippen molar-refractivity contribution >= 4 is 27.3 Å². The molecule has 1 aliphatic carbocycles. The molecule has 2 aromatic carbocycles. The first-order valence-corrected chi connectivity index (χ1v) is 11.2. The minimum absolute atomic E-state index is 0.142. The second-order valence-electron chi connectivity index (χ2n) is 7.54. The van der Waals surface area contributed by atoms with Crippen molar-refractivity contribution < 1.29 is 17.6 Å². The van der Waals surface area contributed by atoms with Crippen LogP contribution in [0.2, 0.25) is 0 Å². The molecule has 28 heavy (non-hydrogen) atoms. The van der Waals surface area contributed by atoms with Crippen molar-refractivity contribution in [2.45, 2.75) is 37.5 Å². The van der Waals surface area contributed by atoms with Gasteiger partial charge < -0.3 is 5.32 Å². The number of nitrogens with one attached hydrogen (secondary N) is 1. The molecular weight excluding hydrogens is 379 g/mol. The molecule has 1 heterocycles. The maximum absolute atomic E-state index is 13.8. The monoisotopic (exact) mass is 402 g/mol. The van der Waals surface area contributed by atoms with Gasteiger partial charge in [0.25, 0.3) is 0 Å². The number of hydrogen-bond acceptors (Lipinski definition) is 3. The molecule has 0 atom stereocenters. The number of sulfonamides is 1. The third kappa shape index (κ3) is 3.39. The molecule has 0 unspecified atom stereocenters. The number of halogens is 1. The molecule has 1 N–H and O–H groups in total. The highest BCUT2D eigenvalue weighted by Gasteiger charge is 2.43. The second kappa shape index (κ2) is 7.20. The summed E-state index contributed by atoms with van der Waals surface area (Å²) >= 11 is 0. The SMILES string of the molecule is O=C(Nc1ccc(N2CCCS2(=O)=O)cc1)C1(c2cccc(F)c2)CCCC1. The Bertz CT molecular complexity index is 983. The van der Waals surface area contributed by atoms with Gasteiger partial charge in [-0.3, -0.25) is 9.10 Å². The van der Waals surface area contributed by atoms with E-state index in [1.807, 2.05) is 6.07 Å². The molecule has 1 saturated heterocycles. The van der Waals surface area contributed by atoms with E-state index >= 15 is 0 Å². The van der Waals surface area contributed by atoms with E-state index in [9.17, 15) is 17.6 Å². The van der Waals surface area contributed by atoms with Gasteiger partial charge in [0.2, 0.25) is 15.9 Å². The average molecular weight is 402 g/mol. The van der Waals surface area contributed by atoms with Gasteiger partial charge in [-0.15, -0.1) is 0 Å². The summed E-state index contributed by atoms with van der Waals surface area (Å²) < 4.78 is 39.3. The lowest BCUT2D eigenvalue weighted by Gasteiger charge is -2.28. The molecule has 7 heteroatoms. The molecule has 2 aromatic rings. The van der Waals surface area contributed by atoms with Crippen LogP contribution in [0.1, 0.15) is 37.7 Å². The molecule has 1 saturated carbocycles. The third-order valence-electron chi connectivity index (χ3n) is 5.78. The summed E-state index contributed by atoms with van der Waals surface area (Å²) in [7, 11) is -3.23. The topological polar surface area (TPSA) is 66.5 Å². The summed E-state index contributed by atoms with van der Waals surface area (Å²) in [4.78, 5) is 13.2. The molecule has 148 valence electrons. The predicted octanol–water partition coefficient (Wildman–Crippen LogP) is 3.82. The van der Waals surface area contributed by atoms with Gasteiger partial charge in [0.15, 0.2) is 0 Å². The number of amides is 1. The van der Waals surface area contributed by atoms with E-state index in [0.717, 1.165) is 12.8 Å². The van der Waals surface area contributed by atoms with E-state index in [1.54, 1.807) is 30.3 Å². The first-order valence-electron chi connectivity index (χ1n) is 9.59. The molecule has 0 bridgehead atoms. The molecule has 1 amide bonds. The smallest absolute Gasteiger partial charge is 0.235 e. The summed E-state index contributed by atoms with van der Waals surface area (Å²) in [6, 6.07) is 13.1. The van der Waals surface area contributed by atoms with Crippen molar-refractivity contribution in [3.05, 3.63) is 59.9 Å². The van der Waals surface area contributed by atoms with E-state index in [2.05, 4.69) is 5.32 Å². The number of rotatable bonds is 4. The molecule has 5 nitrogen and oxygen atoms in total. The predicted molar refractivity (Wildman–Crippen MR) is 107 cm³/mol. The Morgan fingerprint density at radius 1 is 1.04 bits per heavy atom. The van der Waals surface area contributed by atoms with Gasteiger partial charge in [-0.05, 0) is 61.2 Å². The molecule has 2 fully saturated rings. The lowest BCUT2D eigenvalue weighted by molar-refractivity contribution is -0.121. The van der Waals surface area contributed by atoms with Crippen LogP contribution in [-0.2, 0) is 20.2 Å². The van der Waals surface area contributed by atoms with E-state index in [1.165, 1.54) is 16.4 Å². The Kier molecular flexibility index (Phi) is 4.87. The fourth-order valence-electron chi connectivity index (χ4n) is 4.30. The number of carbonyl (C=O) groups excluding carboxylic acids is 1. The first-order chi connectivity index (χ1) is 13.4. The fraction of sp³-hybridized carbons (Fsp3) is 0.381. The second-order valence-corrected chi connectivity index (χ2v) is 9.56. The van der Waals surface area contributed by atoms with Crippen LogP contribution in [0, 0.1) is 5.82 Å². The maximum atomic E-state index is 13.8. The number of benzene rings is 2. The number of nitrogens with zero attached hydrogens (tertiary/aromatic N) is 1. The summed E-state index contributed by atoms with van der Waals surface area (Å²) in [5, 5.41) is 2.95. The van der Waals surface area contributed by atoms with Crippen molar-refractivity contribution in [3.63, 3.8) is 0 Å². The standard InChI is InChI=1S/C21H23FN2O3S/c22-17-6-3-5-16(15-17)21(11-1-2-12-21)20(25)23-18-7-9-19(10-8-18)24-13-4-14-28(24,26)27/h3,5-10,15H,1-2,4,11-14H2,(H,23,25). The fourth-order valence-corrected chi connectivity index (χ4v) is 5.87. The normalized spacial score (nSPS) is 20.2. The third-order valence-corrected chi connectivity index (χ3v) is 7.65. The quantitative estimate of drug-likeness (QED) is 0.846. The van der Waals surface area contributed by atoms with Crippen molar-refractivity contribution in [1.29, 1.82) is 0 Å². The molecule has 0 aromatic heterocycles. The van der Waals surface area contributed by atoms with E-state index in [4.69, 9.17) is 0 Å². The summed E-state index contributed by atoms with van der Waals surface area (Å²) in [5.74, 6) is -0.313. The van der Waals surface area contributed by atoms with Gasteiger partial charge in [0.05, 0.1) is 16.9 Å². The van der Waals surface area contributed by atoms with Crippen molar-refractivity contribution in [2.75, 3.05) is 21.9 Å². The van der Waals surface area contributed by atoms with Gasteiger partial charge in [0, 0.05) is 12.2 Å². The molecule has 1 aliphatic heterocycles. The lowest BCUT2D eigenvalue weighted by atomic mass is 9.78. The van der Waals surface area contributed by atoms with Gasteiger partial charge in [0.1, 0.15) is 5.82 Å². The van der Waals surface area contributed by atoms with Crippen molar-refractivity contribution in [2.24, 2.45) is 0 Å². The van der Waals surface area contributed by atoms with Crippen molar-refractivity contribution in [3.8, 4) is 0 Å². The van der Waals surface area contributed by atoms with Crippen LogP contribution in [0.25, 0.3) is 0 Å². The van der Waals surface area contributed by atoms with Crippen LogP contribution < -0.4 is 9.62 Å². The number of anilines is 2. The van der Waals surface area contributed by atoms with E-state index in [-0.39, 0.29) is 17.5 Å². The molecule has 4 rings (SSSR count). The zero-order chi connectivity index (χ0) is 19.8. The highest BCUT2D eigenvalue weighted by molar-refractivity contribution is 7.93. The van der Waals surface area contributed by atoms with E-state index in [0.29, 0.717) is 42.7 Å². The molecule has 0 radical (unpaired) electrons.